The van der Waals surface area contributed by atoms with E-state index >= 15 is 0 Å². The Morgan fingerprint density at radius 2 is 2.08 bits per heavy atom. The smallest absolute Gasteiger partial charge is 0.353 e. The molecule has 2 aliphatic heterocycles. The van der Waals surface area contributed by atoms with Crippen molar-refractivity contribution in [2.75, 3.05) is 18.8 Å². The highest BCUT2D eigenvalue weighted by Crippen LogP contribution is 2.30. The third-order valence-corrected chi connectivity index (χ3v) is 4.55. The Bertz CT molecular complexity index is 790. The highest BCUT2D eigenvalue weighted by Gasteiger charge is 2.48. The summed E-state index contributed by atoms with van der Waals surface area (Å²) in [6.07, 6.45) is 1.45. The molecule has 1 fully saturated rings. The molecule has 0 spiro atoms. The van der Waals surface area contributed by atoms with Crippen molar-refractivity contribution in [2.24, 2.45) is 5.14 Å². The quantitative estimate of drug-likeness (QED) is 0.334. The first kappa shape index (κ1) is 18.6. The molecule has 0 saturated carbocycles. The number of nitrogens with two attached hydrogens (primary N) is 1. The maximum absolute atomic E-state index is 12.2. The van der Waals surface area contributed by atoms with Gasteiger partial charge in [0.1, 0.15) is 6.04 Å². The summed E-state index contributed by atoms with van der Waals surface area (Å²) >= 11 is 0. The van der Waals surface area contributed by atoms with Gasteiger partial charge in [0.25, 0.3) is 0 Å². The first-order valence-corrected chi connectivity index (χ1v) is 9.70. The zero-order valence-electron chi connectivity index (χ0n) is 12.4. The number of nitrogens with one attached hydrogen (secondary N) is 1. The molecule has 2 heterocycles. The number of amides is 3. The van der Waals surface area contributed by atoms with Crippen molar-refractivity contribution in [3.05, 3.63) is 11.6 Å². The molecule has 0 aromatic carbocycles. The number of urea groups is 1. The average molecular weight is 384 g/mol. The van der Waals surface area contributed by atoms with Crippen LogP contribution in [0, 0.1) is 0 Å². The summed E-state index contributed by atoms with van der Waals surface area (Å²) in [5.41, 5.74) is 0.439. The van der Waals surface area contributed by atoms with Crippen molar-refractivity contribution in [1.82, 2.24) is 15.3 Å². The summed E-state index contributed by atoms with van der Waals surface area (Å²) in [5, 5.41) is 7.63. The van der Waals surface area contributed by atoms with Crippen LogP contribution < -0.4 is 10.5 Å². The molecule has 1 saturated heterocycles. The van der Waals surface area contributed by atoms with Crippen LogP contribution in [0.3, 0.4) is 0 Å². The van der Waals surface area contributed by atoms with E-state index in [2.05, 4.69) is 9.60 Å². The monoisotopic (exact) mass is 384 g/mol. The van der Waals surface area contributed by atoms with E-state index in [-0.39, 0.29) is 13.1 Å². The van der Waals surface area contributed by atoms with Crippen LogP contribution in [0.25, 0.3) is 0 Å². The van der Waals surface area contributed by atoms with E-state index in [0.29, 0.717) is 10.6 Å². The van der Waals surface area contributed by atoms with Crippen LogP contribution in [0.15, 0.2) is 11.6 Å². The van der Waals surface area contributed by atoms with E-state index in [1.807, 2.05) is 0 Å². The zero-order valence-corrected chi connectivity index (χ0v) is 14.1. The summed E-state index contributed by atoms with van der Waals surface area (Å²) in [7, 11) is -8.64. The molecule has 2 bridgehead atoms. The molecule has 14 heteroatoms. The normalized spacial score (nSPS) is 24.1. The Balaban J connectivity index is 2.12. The molecular weight excluding hydrogens is 368 g/mol. The molecule has 0 aromatic rings. The lowest BCUT2D eigenvalue weighted by Gasteiger charge is -2.29. The fourth-order valence-electron chi connectivity index (χ4n) is 2.55. The SMILES string of the molecule is CC1=C[C@@H]2CN(C(=O)N2OS(=O)(=O)O)[C@@H]1C(=O)NCCS(N)(=O)=O. The summed E-state index contributed by atoms with van der Waals surface area (Å²) in [5.74, 6) is -1.11. The topological polar surface area (TPSA) is 176 Å². The largest absolute Gasteiger partial charge is 0.418 e. The van der Waals surface area contributed by atoms with Crippen LogP contribution in [-0.2, 0) is 29.5 Å². The minimum Gasteiger partial charge on any atom is -0.353 e. The van der Waals surface area contributed by atoms with Crippen LogP contribution >= 0.6 is 0 Å². The molecule has 2 atom stereocenters. The fraction of sp³-hybridized carbons (Fsp3) is 0.600. The van der Waals surface area contributed by atoms with Crippen LogP contribution in [0.4, 0.5) is 4.79 Å². The number of fused-ring (bicyclic) bond motifs is 2. The van der Waals surface area contributed by atoms with Crippen LogP contribution in [0.5, 0.6) is 0 Å². The Labute approximate surface area is 138 Å². The van der Waals surface area contributed by atoms with Gasteiger partial charge in [-0.3, -0.25) is 9.35 Å². The Kier molecular flexibility index (Phi) is 4.87. The van der Waals surface area contributed by atoms with E-state index in [0.717, 1.165) is 4.90 Å². The molecular formula is C10H16N4O8S2. The van der Waals surface area contributed by atoms with Crippen molar-refractivity contribution < 1.29 is 35.3 Å². The van der Waals surface area contributed by atoms with Gasteiger partial charge in [0.05, 0.1) is 18.3 Å². The van der Waals surface area contributed by atoms with E-state index in [4.69, 9.17) is 9.69 Å². The standard InChI is InChI=1S/C10H16N4O8S2/c1-6-4-7-5-13(10(16)14(7)22-24(19,20)21)8(6)9(15)12-2-3-23(11,17)18/h4,7-8H,2-3,5H2,1H3,(H,12,15)(H2,11,17,18)(H,19,20,21)/t7-,8+/m1/s1. The Morgan fingerprint density at radius 1 is 1.46 bits per heavy atom. The molecule has 136 valence electrons. The molecule has 0 aromatic heterocycles. The zero-order chi connectivity index (χ0) is 18.3. The van der Waals surface area contributed by atoms with Crippen molar-refractivity contribution in [2.45, 2.75) is 19.0 Å². The highest BCUT2D eigenvalue weighted by atomic mass is 32.3. The molecule has 3 amide bonds. The van der Waals surface area contributed by atoms with Gasteiger partial charge in [0, 0.05) is 6.54 Å². The fourth-order valence-corrected chi connectivity index (χ4v) is 3.31. The van der Waals surface area contributed by atoms with Gasteiger partial charge in [-0.1, -0.05) is 6.08 Å². The van der Waals surface area contributed by atoms with E-state index < -0.39 is 50.2 Å². The van der Waals surface area contributed by atoms with Crippen molar-refractivity contribution >= 4 is 32.4 Å². The molecule has 2 aliphatic rings. The summed E-state index contributed by atoms with van der Waals surface area (Å²) < 4.78 is 56.3. The number of rotatable bonds is 6. The Hall–Kier alpha value is -1.74. The predicted octanol–water partition coefficient (Wildman–Crippen LogP) is -2.44. The molecule has 0 unspecified atom stereocenters. The number of sulfonamides is 1. The third kappa shape index (κ3) is 4.21. The maximum Gasteiger partial charge on any atom is 0.418 e. The lowest BCUT2D eigenvalue weighted by molar-refractivity contribution is -0.124. The average Bonchev–Trinajstić information content (AvgIpc) is 2.61. The van der Waals surface area contributed by atoms with Crippen molar-refractivity contribution in [1.29, 1.82) is 0 Å². The Morgan fingerprint density at radius 3 is 2.62 bits per heavy atom. The molecule has 24 heavy (non-hydrogen) atoms. The van der Waals surface area contributed by atoms with Gasteiger partial charge < -0.3 is 10.2 Å². The highest BCUT2D eigenvalue weighted by molar-refractivity contribution is 7.89. The van der Waals surface area contributed by atoms with Gasteiger partial charge in [-0.2, -0.15) is 13.5 Å². The maximum atomic E-state index is 12.2. The van der Waals surface area contributed by atoms with Crippen LogP contribution in [-0.4, -0.2) is 74.2 Å². The third-order valence-electron chi connectivity index (χ3n) is 3.43. The van der Waals surface area contributed by atoms with Gasteiger partial charge in [-0.05, 0) is 12.5 Å². The molecule has 2 rings (SSSR count). The number of carbonyl (C=O) groups is 2. The van der Waals surface area contributed by atoms with Crippen molar-refractivity contribution in [3.8, 4) is 0 Å². The van der Waals surface area contributed by atoms with Gasteiger partial charge in [-0.15, -0.1) is 4.28 Å². The summed E-state index contributed by atoms with van der Waals surface area (Å²) in [6.45, 7) is 1.28. The van der Waals surface area contributed by atoms with Crippen LogP contribution in [0.2, 0.25) is 0 Å². The molecule has 0 aliphatic carbocycles. The second-order valence-corrected chi connectivity index (χ2v) is 8.04. The second kappa shape index (κ2) is 6.29. The number of hydrogen-bond donors (Lipinski definition) is 3. The lowest BCUT2D eigenvalue weighted by Crippen LogP contribution is -2.50. The van der Waals surface area contributed by atoms with Gasteiger partial charge in [0.15, 0.2) is 0 Å². The summed E-state index contributed by atoms with van der Waals surface area (Å²) in [4.78, 5) is 25.4. The first-order valence-electron chi connectivity index (χ1n) is 6.62. The minimum atomic E-state index is -4.90. The van der Waals surface area contributed by atoms with Gasteiger partial charge in [-0.25, -0.2) is 18.4 Å². The van der Waals surface area contributed by atoms with E-state index in [9.17, 15) is 26.4 Å². The number of carbonyl (C=O) groups excluding carboxylic acids is 2. The molecule has 12 nitrogen and oxygen atoms in total. The number of nitrogens with zero attached hydrogens (tertiary/aromatic N) is 2. The number of hydroxylamine groups is 2. The molecule has 4 N–H and O–H groups in total. The van der Waals surface area contributed by atoms with E-state index in [1.54, 1.807) is 6.92 Å². The summed E-state index contributed by atoms with van der Waals surface area (Å²) in [6, 6.07) is -2.76. The van der Waals surface area contributed by atoms with E-state index in [1.165, 1.54) is 6.08 Å². The van der Waals surface area contributed by atoms with Crippen LogP contribution in [0.1, 0.15) is 6.92 Å². The van der Waals surface area contributed by atoms with Crippen molar-refractivity contribution in [3.63, 3.8) is 0 Å². The first-order chi connectivity index (χ1) is 10.9. The minimum absolute atomic E-state index is 0.0288. The van der Waals surface area contributed by atoms with Gasteiger partial charge in [0.2, 0.25) is 15.9 Å². The van der Waals surface area contributed by atoms with Gasteiger partial charge >= 0.3 is 16.4 Å². The second-order valence-electron chi connectivity index (χ2n) is 5.30. The lowest BCUT2D eigenvalue weighted by atomic mass is 10.00. The predicted molar refractivity (Wildman–Crippen MR) is 78.9 cm³/mol. The number of primary sulfonamides is 1. The molecule has 0 radical (unpaired) electrons. The number of hydrogen-bond acceptors (Lipinski definition) is 7.